The summed E-state index contributed by atoms with van der Waals surface area (Å²) in [7, 11) is 1.76. The lowest BCUT2D eigenvalue weighted by Crippen LogP contribution is -2.25. The fraction of sp³-hybridized carbons (Fsp3) is 0.385. The second-order valence-electron chi connectivity index (χ2n) is 4.59. The number of carbonyl (C=O) groups is 1. The molecule has 0 fully saturated rings. The van der Waals surface area contributed by atoms with E-state index >= 15 is 0 Å². The van der Waals surface area contributed by atoms with Crippen molar-refractivity contribution in [2.75, 3.05) is 12.8 Å². The Morgan fingerprint density at radius 3 is 2.63 bits per heavy atom. The van der Waals surface area contributed by atoms with Crippen molar-refractivity contribution in [3.63, 3.8) is 0 Å². The summed E-state index contributed by atoms with van der Waals surface area (Å²) in [6, 6.07) is 1.73. The van der Waals surface area contributed by atoms with Gasteiger partial charge in [0.15, 0.2) is 0 Å². The average molecular weight is 279 g/mol. The maximum absolute atomic E-state index is 12.3. The summed E-state index contributed by atoms with van der Waals surface area (Å²) in [5.41, 5.74) is 8.22. The summed E-state index contributed by atoms with van der Waals surface area (Å²) in [5, 5.41) is 3.89. The molecule has 2 aromatic rings. The van der Waals surface area contributed by atoms with Crippen LogP contribution in [0.15, 0.2) is 10.6 Å². The number of aryl methyl sites for hydroxylation is 3. The molecule has 0 aliphatic rings. The Labute approximate surface area is 116 Å². The van der Waals surface area contributed by atoms with Crippen LogP contribution < -0.4 is 5.73 Å². The number of nitrogen functional groups attached to an aromatic ring is 1. The van der Waals surface area contributed by atoms with Crippen molar-refractivity contribution in [1.29, 1.82) is 0 Å². The van der Waals surface area contributed by atoms with Crippen LogP contribution in [0.2, 0.25) is 0 Å². The van der Waals surface area contributed by atoms with Gasteiger partial charge in [-0.25, -0.2) is 0 Å². The topological polar surface area (TPSA) is 72.4 Å². The van der Waals surface area contributed by atoms with E-state index in [1.807, 2.05) is 20.8 Å². The maximum Gasteiger partial charge on any atom is 0.264 e. The molecule has 2 rings (SSSR count). The van der Waals surface area contributed by atoms with Crippen molar-refractivity contribution in [3.8, 4) is 0 Å². The zero-order valence-electron chi connectivity index (χ0n) is 11.5. The summed E-state index contributed by atoms with van der Waals surface area (Å²) in [6.07, 6.45) is 0. The number of nitrogens with zero attached hydrogens (tertiary/aromatic N) is 2. The number of nitrogens with two attached hydrogens (primary N) is 1. The Balaban J connectivity index is 2.16. The van der Waals surface area contributed by atoms with Crippen LogP contribution in [-0.2, 0) is 6.54 Å². The van der Waals surface area contributed by atoms with E-state index in [1.54, 1.807) is 18.0 Å². The van der Waals surface area contributed by atoms with Gasteiger partial charge < -0.3 is 15.2 Å². The Hall–Kier alpha value is -1.82. The molecule has 102 valence electrons. The fourth-order valence-electron chi connectivity index (χ4n) is 1.83. The number of rotatable bonds is 3. The van der Waals surface area contributed by atoms with Gasteiger partial charge in [0.25, 0.3) is 5.91 Å². The molecule has 0 aromatic carbocycles. The Morgan fingerprint density at radius 1 is 1.47 bits per heavy atom. The zero-order chi connectivity index (χ0) is 14.2. The minimum atomic E-state index is -0.0372. The van der Waals surface area contributed by atoms with Crippen LogP contribution >= 0.6 is 11.3 Å². The molecule has 0 aliphatic heterocycles. The standard InChI is InChI=1S/C13H17N3O2S/c1-7-10(8(2)18-15-7)6-16(4)13(17)12-5-11(14)9(3)19-12/h5H,6,14H2,1-4H3. The van der Waals surface area contributed by atoms with Crippen molar-refractivity contribution in [2.24, 2.45) is 0 Å². The lowest BCUT2D eigenvalue weighted by atomic mass is 10.2. The van der Waals surface area contributed by atoms with E-state index in [1.165, 1.54) is 11.3 Å². The van der Waals surface area contributed by atoms with E-state index in [9.17, 15) is 4.79 Å². The Morgan fingerprint density at radius 2 is 2.16 bits per heavy atom. The number of thiophene rings is 1. The molecule has 6 heteroatoms. The van der Waals surface area contributed by atoms with E-state index in [2.05, 4.69) is 5.16 Å². The van der Waals surface area contributed by atoms with Crippen molar-refractivity contribution in [1.82, 2.24) is 10.1 Å². The minimum Gasteiger partial charge on any atom is -0.398 e. The molecule has 0 radical (unpaired) electrons. The molecule has 2 heterocycles. The molecular weight excluding hydrogens is 262 g/mol. The molecular formula is C13H17N3O2S. The highest BCUT2D eigenvalue weighted by molar-refractivity contribution is 7.14. The van der Waals surface area contributed by atoms with Gasteiger partial charge in [0, 0.05) is 23.2 Å². The third-order valence-electron chi connectivity index (χ3n) is 3.09. The second-order valence-corrected chi connectivity index (χ2v) is 5.84. The van der Waals surface area contributed by atoms with Gasteiger partial charge in [0.2, 0.25) is 0 Å². The molecule has 1 amide bonds. The molecule has 5 nitrogen and oxygen atoms in total. The van der Waals surface area contributed by atoms with Crippen LogP contribution in [0, 0.1) is 20.8 Å². The summed E-state index contributed by atoms with van der Waals surface area (Å²) >= 11 is 1.42. The Kier molecular flexibility index (Phi) is 3.61. The third-order valence-corrected chi connectivity index (χ3v) is 4.14. The largest absolute Gasteiger partial charge is 0.398 e. The first kappa shape index (κ1) is 13.6. The summed E-state index contributed by atoms with van der Waals surface area (Å²) < 4.78 is 5.10. The average Bonchev–Trinajstić information content (AvgIpc) is 2.85. The van der Waals surface area contributed by atoms with Crippen LogP contribution in [0.5, 0.6) is 0 Å². The van der Waals surface area contributed by atoms with Crippen LogP contribution in [-0.4, -0.2) is 23.0 Å². The molecule has 0 bridgehead atoms. The van der Waals surface area contributed by atoms with Crippen molar-refractivity contribution in [2.45, 2.75) is 27.3 Å². The van der Waals surface area contributed by atoms with Crippen molar-refractivity contribution < 1.29 is 9.32 Å². The molecule has 0 saturated carbocycles. The highest BCUT2D eigenvalue weighted by Crippen LogP contribution is 2.25. The van der Waals surface area contributed by atoms with E-state index in [4.69, 9.17) is 10.3 Å². The van der Waals surface area contributed by atoms with Crippen LogP contribution in [0.25, 0.3) is 0 Å². The second kappa shape index (κ2) is 5.05. The molecule has 0 aliphatic carbocycles. The molecule has 19 heavy (non-hydrogen) atoms. The van der Waals surface area contributed by atoms with E-state index < -0.39 is 0 Å². The van der Waals surface area contributed by atoms with Gasteiger partial charge >= 0.3 is 0 Å². The van der Waals surface area contributed by atoms with Crippen molar-refractivity contribution >= 4 is 22.9 Å². The van der Waals surface area contributed by atoms with Gasteiger partial charge in [-0.2, -0.15) is 0 Å². The number of amides is 1. The minimum absolute atomic E-state index is 0.0372. The number of anilines is 1. The van der Waals surface area contributed by atoms with Gasteiger partial charge in [0.1, 0.15) is 5.76 Å². The van der Waals surface area contributed by atoms with E-state index in [0.29, 0.717) is 17.1 Å². The lowest BCUT2D eigenvalue weighted by Gasteiger charge is -2.15. The van der Waals surface area contributed by atoms with Gasteiger partial charge in [0.05, 0.1) is 17.1 Å². The quantitative estimate of drug-likeness (QED) is 0.937. The molecule has 0 saturated heterocycles. The molecule has 0 unspecified atom stereocenters. The van der Waals surface area contributed by atoms with Crippen LogP contribution in [0.3, 0.4) is 0 Å². The first-order valence-electron chi connectivity index (χ1n) is 5.93. The Bertz CT molecular complexity index is 576. The summed E-state index contributed by atoms with van der Waals surface area (Å²) in [5.74, 6) is 0.712. The molecule has 0 atom stereocenters. The maximum atomic E-state index is 12.3. The van der Waals surface area contributed by atoms with Crippen molar-refractivity contribution in [3.05, 3.63) is 32.8 Å². The normalized spacial score (nSPS) is 10.7. The fourth-order valence-corrected chi connectivity index (χ4v) is 2.76. The predicted octanol–water partition coefficient (Wildman–Crippen LogP) is 2.52. The molecule has 0 spiro atoms. The van der Waals surface area contributed by atoms with Gasteiger partial charge in [-0.3, -0.25) is 4.79 Å². The van der Waals surface area contributed by atoms with Gasteiger partial charge in [-0.1, -0.05) is 5.16 Å². The van der Waals surface area contributed by atoms with Gasteiger partial charge in [-0.05, 0) is 26.8 Å². The lowest BCUT2D eigenvalue weighted by molar-refractivity contribution is 0.0789. The number of aromatic nitrogens is 1. The number of hydrogen-bond acceptors (Lipinski definition) is 5. The summed E-state index contributed by atoms with van der Waals surface area (Å²) in [4.78, 5) is 15.6. The van der Waals surface area contributed by atoms with E-state index in [0.717, 1.165) is 21.9 Å². The molecule has 2 N–H and O–H groups in total. The van der Waals surface area contributed by atoms with Crippen LogP contribution in [0.4, 0.5) is 5.69 Å². The highest BCUT2D eigenvalue weighted by atomic mass is 32.1. The highest BCUT2D eigenvalue weighted by Gasteiger charge is 2.18. The zero-order valence-corrected chi connectivity index (χ0v) is 12.3. The van der Waals surface area contributed by atoms with Crippen LogP contribution in [0.1, 0.15) is 31.6 Å². The van der Waals surface area contributed by atoms with Gasteiger partial charge in [-0.15, -0.1) is 11.3 Å². The predicted molar refractivity (Wildman–Crippen MR) is 75.2 cm³/mol. The smallest absolute Gasteiger partial charge is 0.264 e. The first-order chi connectivity index (χ1) is 8.90. The summed E-state index contributed by atoms with van der Waals surface area (Å²) in [6.45, 7) is 6.11. The monoisotopic (exact) mass is 279 g/mol. The number of carbonyl (C=O) groups excluding carboxylic acids is 1. The SMILES string of the molecule is Cc1noc(C)c1CN(C)C(=O)c1cc(N)c(C)s1. The van der Waals surface area contributed by atoms with E-state index in [-0.39, 0.29) is 5.91 Å². The first-order valence-corrected chi connectivity index (χ1v) is 6.75. The third kappa shape index (κ3) is 2.63. The molecule has 2 aromatic heterocycles. The number of hydrogen-bond donors (Lipinski definition) is 1.